The van der Waals surface area contributed by atoms with E-state index in [0.717, 1.165) is 22.5 Å². The van der Waals surface area contributed by atoms with Crippen LogP contribution in [0.5, 0.6) is 0 Å². The second kappa shape index (κ2) is 4.69. The molecule has 94 valence electrons. The molecule has 0 fully saturated rings. The fourth-order valence-corrected chi connectivity index (χ4v) is 2.05. The van der Waals surface area contributed by atoms with Crippen molar-refractivity contribution in [1.82, 2.24) is 14.8 Å². The van der Waals surface area contributed by atoms with Crippen molar-refractivity contribution in [3.05, 3.63) is 60.4 Å². The molecule has 0 aliphatic heterocycles. The lowest BCUT2D eigenvalue weighted by atomic mass is 10.1. The number of aryl methyl sites for hydroxylation is 2. The predicted molar refractivity (Wildman–Crippen MR) is 76.6 cm³/mol. The fraction of sp³-hybridized carbons (Fsp3) is 0.125. The van der Waals surface area contributed by atoms with Gasteiger partial charge in [0.1, 0.15) is 0 Å². The third-order valence-electron chi connectivity index (χ3n) is 3.08. The Labute approximate surface area is 112 Å². The molecule has 1 aromatic carbocycles. The van der Waals surface area contributed by atoms with E-state index in [1.165, 1.54) is 5.56 Å². The molecule has 0 N–H and O–H groups in total. The van der Waals surface area contributed by atoms with Crippen molar-refractivity contribution in [2.75, 3.05) is 0 Å². The Balaban J connectivity index is 2.02. The van der Waals surface area contributed by atoms with Crippen LogP contribution in [0.1, 0.15) is 5.56 Å². The van der Waals surface area contributed by atoms with Crippen LogP contribution in [0.15, 0.2) is 54.9 Å². The Bertz CT molecular complexity index is 696. The number of rotatable bonds is 2. The first-order valence-corrected chi connectivity index (χ1v) is 6.25. The summed E-state index contributed by atoms with van der Waals surface area (Å²) >= 11 is 0. The van der Waals surface area contributed by atoms with Gasteiger partial charge in [-0.1, -0.05) is 24.3 Å². The quantitative estimate of drug-likeness (QED) is 0.696. The number of pyridine rings is 1. The lowest BCUT2D eigenvalue weighted by Gasteiger charge is -2.03. The second-order valence-electron chi connectivity index (χ2n) is 4.68. The molecule has 0 bridgehead atoms. The lowest BCUT2D eigenvalue weighted by molar-refractivity contribution is 0.771. The molecular weight excluding hydrogens is 234 g/mol. The molecule has 0 saturated heterocycles. The van der Waals surface area contributed by atoms with Crippen molar-refractivity contribution < 1.29 is 0 Å². The summed E-state index contributed by atoms with van der Waals surface area (Å²) in [7, 11) is 1.93. The summed E-state index contributed by atoms with van der Waals surface area (Å²) in [5.74, 6) is 0. The van der Waals surface area contributed by atoms with Crippen LogP contribution < -0.4 is 0 Å². The van der Waals surface area contributed by atoms with Gasteiger partial charge in [-0.2, -0.15) is 5.10 Å². The standard InChI is InChI=1S/C16H15N3/c1-12-6-7-15(17-11-12)13-4-3-5-14(10-13)16-8-9-19(2)18-16/h3-11H,1-2H3. The van der Waals surface area contributed by atoms with Gasteiger partial charge in [-0.15, -0.1) is 0 Å². The van der Waals surface area contributed by atoms with Crippen LogP contribution >= 0.6 is 0 Å². The van der Waals surface area contributed by atoms with E-state index < -0.39 is 0 Å². The normalized spacial score (nSPS) is 10.6. The van der Waals surface area contributed by atoms with E-state index in [-0.39, 0.29) is 0 Å². The minimum atomic E-state index is 0.983. The van der Waals surface area contributed by atoms with Gasteiger partial charge in [0, 0.05) is 30.6 Å². The highest BCUT2D eigenvalue weighted by atomic mass is 15.2. The third kappa shape index (κ3) is 2.40. The van der Waals surface area contributed by atoms with Gasteiger partial charge in [0.2, 0.25) is 0 Å². The van der Waals surface area contributed by atoms with Crippen LogP contribution in [-0.2, 0) is 7.05 Å². The van der Waals surface area contributed by atoms with Crippen LogP contribution in [0.4, 0.5) is 0 Å². The van der Waals surface area contributed by atoms with Crippen molar-refractivity contribution in [2.45, 2.75) is 6.92 Å². The maximum Gasteiger partial charge on any atom is 0.0923 e. The first-order chi connectivity index (χ1) is 9.22. The van der Waals surface area contributed by atoms with E-state index in [1.807, 2.05) is 49.2 Å². The highest BCUT2D eigenvalue weighted by molar-refractivity contribution is 5.69. The van der Waals surface area contributed by atoms with Crippen LogP contribution in [0.3, 0.4) is 0 Å². The summed E-state index contributed by atoms with van der Waals surface area (Å²) in [6, 6.07) is 14.5. The molecule has 0 aliphatic rings. The van der Waals surface area contributed by atoms with Gasteiger partial charge in [0.25, 0.3) is 0 Å². The molecule has 0 amide bonds. The Morgan fingerprint density at radius 2 is 1.74 bits per heavy atom. The first kappa shape index (κ1) is 11.7. The molecule has 3 heteroatoms. The average molecular weight is 249 g/mol. The zero-order valence-electron chi connectivity index (χ0n) is 11.0. The topological polar surface area (TPSA) is 30.7 Å². The molecule has 0 aliphatic carbocycles. The minimum absolute atomic E-state index is 0.983. The van der Waals surface area contributed by atoms with E-state index in [2.05, 4.69) is 34.3 Å². The smallest absolute Gasteiger partial charge is 0.0923 e. The van der Waals surface area contributed by atoms with E-state index in [1.54, 1.807) is 0 Å². The molecule has 3 rings (SSSR count). The summed E-state index contributed by atoms with van der Waals surface area (Å²) in [5, 5.41) is 4.43. The molecule has 19 heavy (non-hydrogen) atoms. The highest BCUT2D eigenvalue weighted by Crippen LogP contribution is 2.24. The van der Waals surface area contributed by atoms with Gasteiger partial charge in [-0.05, 0) is 30.7 Å². The summed E-state index contributed by atoms with van der Waals surface area (Å²) < 4.78 is 1.81. The largest absolute Gasteiger partial charge is 0.275 e. The van der Waals surface area contributed by atoms with Crippen molar-refractivity contribution in [2.24, 2.45) is 7.05 Å². The van der Waals surface area contributed by atoms with E-state index in [9.17, 15) is 0 Å². The average Bonchev–Trinajstić information content (AvgIpc) is 2.86. The monoisotopic (exact) mass is 249 g/mol. The number of aromatic nitrogens is 3. The Kier molecular flexibility index (Phi) is 2.88. The first-order valence-electron chi connectivity index (χ1n) is 6.25. The SMILES string of the molecule is Cc1ccc(-c2cccc(-c3ccn(C)n3)c2)nc1. The number of hydrogen-bond acceptors (Lipinski definition) is 2. The van der Waals surface area contributed by atoms with E-state index in [0.29, 0.717) is 0 Å². The molecule has 0 unspecified atom stereocenters. The van der Waals surface area contributed by atoms with E-state index in [4.69, 9.17) is 0 Å². The van der Waals surface area contributed by atoms with Gasteiger partial charge < -0.3 is 0 Å². The van der Waals surface area contributed by atoms with Crippen molar-refractivity contribution >= 4 is 0 Å². The molecular formula is C16H15N3. The molecule has 2 heterocycles. The van der Waals surface area contributed by atoms with Crippen molar-refractivity contribution in [1.29, 1.82) is 0 Å². The lowest BCUT2D eigenvalue weighted by Crippen LogP contribution is -1.89. The molecule has 3 aromatic rings. The summed E-state index contributed by atoms with van der Waals surface area (Å²) in [4.78, 5) is 4.46. The van der Waals surface area contributed by atoms with Gasteiger partial charge in [-0.25, -0.2) is 0 Å². The molecule has 2 aromatic heterocycles. The van der Waals surface area contributed by atoms with Crippen molar-refractivity contribution in [3.8, 4) is 22.5 Å². The maximum atomic E-state index is 4.46. The molecule has 0 spiro atoms. The molecule has 3 nitrogen and oxygen atoms in total. The maximum absolute atomic E-state index is 4.46. The Hall–Kier alpha value is -2.42. The van der Waals surface area contributed by atoms with Gasteiger partial charge in [-0.3, -0.25) is 9.67 Å². The van der Waals surface area contributed by atoms with Crippen LogP contribution in [-0.4, -0.2) is 14.8 Å². The highest BCUT2D eigenvalue weighted by Gasteiger charge is 2.04. The molecule has 0 saturated carbocycles. The Morgan fingerprint density at radius 1 is 0.947 bits per heavy atom. The summed E-state index contributed by atoms with van der Waals surface area (Å²) in [5.41, 5.74) is 5.37. The number of nitrogens with zero attached hydrogens (tertiary/aromatic N) is 3. The fourth-order valence-electron chi connectivity index (χ4n) is 2.05. The van der Waals surface area contributed by atoms with Gasteiger partial charge in [0.05, 0.1) is 11.4 Å². The predicted octanol–water partition coefficient (Wildman–Crippen LogP) is 3.46. The van der Waals surface area contributed by atoms with E-state index >= 15 is 0 Å². The number of hydrogen-bond donors (Lipinski definition) is 0. The zero-order chi connectivity index (χ0) is 13.2. The van der Waals surface area contributed by atoms with Gasteiger partial charge >= 0.3 is 0 Å². The zero-order valence-corrected chi connectivity index (χ0v) is 11.0. The van der Waals surface area contributed by atoms with Gasteiger partial charge in [0.15, 0.2) is 0 Å². The third-order valence-corrected chi connectivity index (χ3v) is 3.08. The number of benzene rings is 1. The minimum Gasteiger partial charge on any atom is -0.275 e. The summed E-state index contributed by atoms with van der Waals surface area (Å²) in [6.45, 7) is 2.04. The van der Waals surface area contributed by atoms with Crippen LogP contribution in [0, 0.1) is 6.92 Å². The van der Waals surface area contributed by atoms with Crippen molar-refractivity contribution in [3.63, 3.8) is 0 Å². The Morgan fingerprint density at radius 3 is 2.37 bits per heavy atom. The second-order valence-corrected chi connectivity index (χ2v) is 4.68. The van der Waals surface area contributed by atoms with Crippen LogP contribution in [0.25, 0.3) is 22.5 Å². The molecule has 0 radical (unpaired) electrons. The molecule has 0 atom stereocenters. The summed E-state index contributed by atoms with van der Waals surface area (Å²) in [6.07, 6.45) is 3.84. The van der Waals surface area contributed by atoms with Crippen LogP contribution in [0.2, 0.25) is 0 Å².